The molecular formula is C19H23N3O4S. The summed E-state index contributed by atoms with van der Waals surface area (Å²) in [6.07, 6.45) is 0.783. The van der Waals surface area contributed by atoms with Gasteiger partial charge in [-0.05, 0) is 42.3 Å². The maximum absolute atomic E-state index is 12.2. The van der Waals surface area contributed by atoms with Gasteiger partial charge < -0.3 is 10.6 Å². The van der Waals surface area contributed by atoms with Crippen LogP contribution in [0.5, 0.6) is 0 Å². The Bertz CT molecular complexity index is 909. The Kier molecular flexibility index (Phi) is 7.09. The zero-order valence-corrected chi connectivity index (χ0v) is 16.1. The van der Waals surface area contributed by atoms with Gasteiger partial charge in [-0.3, -0.25) is 9.59 Å². The van der Waals surface area contributed by atoms with Gasteiger partial charge in [0.1, 0.15) is 0 Å². The lowest BCUT2D eigenvalue weighted by atomic mass is 10.1. The molecule has 0 radical (unpaired) electrons. The van der Waals surface area contributed by atoms with E-state index in [1.54, 1.807) is 6.92 Å². The van der Waals surface area contributed by atoms with Crippen molar-refractivity contribution in [2.24, 2.45) is 0 Å². The minimum atomic E-state index is -3.57. The molecule has 8 heteroatoms. The van der Waals surface area contributed by atoms with Crippen LogP contribution in [0.15, 0.2) is 53.4 Å². The Balaban J connectivity index is 1.94. The van der Waals surface area contributed by atoms with Gasteiger partial charge in [-0.25, -0.2) is 13.1 Å². The van der Waals surface area contributed by atoms with E-state index in [-0.39, 0.29) is 29.5 Å². The number of para-hydroxylation sites is 1. The van der Waals surface area contributed by atoms with Crippen molar-refractivity contribution in [3.05, 3.63) is 59.7 Å². The Labute approximate surface area is 159 Å². The first-order valence-electron chi connectivity index (χ1n) is 8.63. The normalized spacial score (nSPS) is 11.0. The molecule has 0 atom stereocenters. The lowest BCUT2D eigenvalue weighted by Gasteiger charge is -2.10. The van der Waals surface area contributed by atoms with E-state index < -0.39 is 15.9 Å². The molecule has 0 bridgehead atoms. The van der Waals surface area contributed by atoms with E-state index in [9.17, 15) is 18.0 Å². The molecule has 0 heterocycles. The number of sulfonamides is 1. The van der Waals surface area contributed by atoms with Gasteiger partial charge in [-0.1, -0.05) is 32.0 Å². The third-order valence-electron chi connectivity index (χ3n) is 3.84. The SMILES string of the molecule is CCNS(=O)(=O)c1ccc(C(=O)NCC(=O)Nc2ccccc2CC)cc1. The third-order valence-corrected chi connectivity index (χ3v) is 5.40. The summed E-state index contributed by atoms with van der Waals surface area (Å²) in [4.78, 5) is 24.3. The van der Waals surface area contributed by atoms with Gasteiger partial charge in [0, 0.05) is 17.8 Å². The largest absolute Gasteiger partial charge is 0.343 e. The summed E-state index contributed by atoms with van der Waals surface area (Å²) in [6, 6.07) is 13.0. The zero-order valence-electron chi connectivity index (χ0n) is 15.3. The smallest absolute Gasteiger partial charge is 0.251 e. The van der Waals surface area contributed by atoms with Gasteiger partial charge in [0.15, 0.2) is 0 Å². The van der Waals surface area contributed by atoms with Crippen LogP contribution in [0, 0.1) is 0 Å². The van der Waals surface area contributed by atoms with E-state index in [0.717, 1.165) is 17.7 Å². The highest BCUT2D eigenvalue weighted by Crippen LogP contribution is 2.15. The number of hydrogen-bond acceptors (Lipinski definition) is 4. The predicted molar refractivity (Wildman–Crippen MR) is 104 cm³/mol. The van der Waals surface area contributed by atoms with Crippen molar-refractivity contribution in [3.8, 4) is 0 Å². The number of aryl methyl sites for hydroxylation is 1. The second kappa shape index (κ2) is 9.29. The molecule has 0 unspecified atom stereocenters. The lowest BCUT2D eigenvalue weighted by Crippen LogP contribution is -2.33. The Hall–Kier alpha value is -2.71. The highest BCUT2D eigenvalue weighted by Gasteiger charge is 2.14. The second-order valence-electron chi connectivity index (χ2n) is 5.77. The van der Waals surface area contributed by atoms with Crippen LogP contribution in [0.3, 0.4) is 0 Å². The number of nitrogens with one attached hydrogen (secondary N) is 3. The van der Waals surface area contributed by atoms with Crippen LogP contribution in [0.25, 0.3) is 0 Å². The quantitative estimate of drug-likeness (QED) is 0.641. The molecule has 2 rings (SSSR count). The fourth-order valence-corrected chi connectivity index (χ4v) is 3.51. The van der Waals surface area contributed by atoms with E-state index in [1.807, 2.05) is 31.2 Å². The van der Waals surface area contributed by atoms with E-state index in [4.69, 9.17) is 0 Å². The van der Waals surface area contributed by atoms with Crippen LogP contribution in [0.2, 0.25) is 0 Å². The molecule has 2 aromatic rings. The van der Waals surface area contributed by atoms with Gasteiger partial charge >= 0.3 is 0 Å². The molecule has 2 aromatic carbocycles. The van der Waals surface area contributed by atoms with E-state index in [2.05, 4.69) is 15.4 Å². The summed E-state index contributed by atoms with van der Waals surface area (Å²) in [5.74, 6) is -0.795. The van der Waals surface area contributed by atoms with Crippen molar-refractivity contribution >= 4 is 27.5 Å². The monoisotopic (exact) mass is 389 g/mol. The molecule has 0 fully saturated rings. The number of carbonyl (C=O) groups excluding carboxylic acids is 2. The van der Waals surface area contributed by atoms with Crippen LogP contribution in [-0.2, 0) is 21.2 Å². The second-order valence-corrected chi connectivity index (χ2v) is 7.53. The lowest BCUT2D eigenvalue weighted by molar-refractivity contribution is -0.115. The van der Waals surface area contributed by atoms with Gasteiger partial charge in [0.05, 0.1) is 11.4 Å². The third kappa shape index (κ3) is 5.63. The minimum absolute atomic E-state index is 0.0785. The van der Waals surface area contributed by atoms with Gasteiger partial charge in [-0.15, -0.1) is 0 Å². The first-order valence-corrected chi connectivity index (χ1v) is 10.1. The van der Waals surface area contributed by atoms with Gasteiger partial charge in [0.25, 0.3) is 5.91 Å². The molecule has 2 amide bonds. The molecule has 0 aliphatic carbocycles. The van der Waals surface area contributed by atoms with Crippen LogP contribution >= 0.6 is 0 Å². The number of benzene rings is 2. The molecule has 0 aliphatic heterocycles. The molecular weight excluding hydrogens is 366 g/mol. The summed E-state index contributed by atoms with van der Waals surface area (Å²) in [7, 11) is -3.57. The summed E-state index contributed by atoms with van der Waals surface area (Å²) < 4.78 is 26.2. The van der Waals surface area contributed by atoms with Crippen LogP contribution < -0.4 is 15.4 Å². The van der Waals surface area contributed by atoms with Crippen molar-refractivity contribution in [2.45, 2.75) is 25.2 Å². The van der Waals surface area contributed by atoms with E-state index in [1.165, 1.54) is 24.3 Å². The number of anilines is 1. The maximum Gasteiger partial charge on any atom is 0.251 e. The van der Waals surface area contributed by atoms with Crippen molar-refractivity contribution < 1.29 is 18.0 Å². The highest BCUT2D eigenvalue weighted by atomic mass is 32.2. The molecule has 7 nitrogen and oxygen atoms in total. The predicted octanol–water partition coefficient (Wildman–Crippen LogP) is 1.92. The molecule has 27 heavy (non-hydrogen) atoms. The van der Waals surface area contributed by atoms with Crippen LogP contribution in [0.1, 0.15) is 29.8 Å². The van der Waals surface area contributed by atoms with Crippen molar-refractivity contribution in [1.29, 1.82) is 0 Å². The van der Waals surface area contributed by atoms with Crippen molar-refractivity contribution in [3.63, 3.8) is 0 Å². The number of rotatable bonds is 8. The summed E-state index contributed by atoms with van der Waals surface area (Å²) >= 11 is 0. The average molecular weight is 389 g/mol. The Morgan fingerprint density at radius 1 is 0.963 bits per heavy atom. The Morgan fingerprint density at radius 2 is 1.63 bits per heavy atom. The molecule has 0 spiro atoms. The van der Waals surface area contributed by atoms with Gasteiger partial charge in [0.2, 0.25) is 15.9 Å². The van der Waals surface area contributed by atoms with Gasteiger partial charge in [-0.2, -0.15) is 0 Å². The molecule has 0 saturated heterocycles. The average Bonchev–Trinajstić information content (AvgIpc) is 2.66. The molecule has 0 saturated carbocycles. The first kappa shape index (κ1) is 20.6. The molecule has 3 N–H and O–H groups in total. The first-order chi connectivity index (χ1) is 12.9. The topological polar surface area (TPSA) is 104 Å². The standard InChI is InChI=1S/C19H23N3O4S/c1-3-14-7-5-6-8-17(14)22-18(23)13-20-19(24)15-9-11-16(12-10-15)27(25,26)21-4-2/h5-12,21H,3-4,13H2,1-2H3,(H,20,24)(H,22,23). The number of amides is 2. The molecule has 0 aliphatic rings. The van der Waals surface area contributed by atoms with Crippen molar-refractivity contribution in [1.82, 2.24) is 10.0 Å². The van der Waals surface area contributed by atoms with Crippen molar-refractivity contribution in [2.75, 3.05) is 18.4 Å². The fraction of sp³-hybridized carbons (Fsp3) is 0.263. The zero-order chi connectivity index (χ0) is 19.9. The number of hydrogen-bond donors (Lipinski definition) is 3. The minimum Gasteiger partial charge on any atom is -0.343 e. The van der Waals surface area contributed by atoms with Crippen LogP contribution in [-0.4, -0.2) is 33.3 Å². The highest BCUT2D eigenvalue weighted by molar-refractivity contribution is 7.89. The Morgan fingerprint density at radius 3 is 2.26 bits per heavy atom. The summed E-state index contributed by atoms with van der Waals surface area (Å²) in [6.45, 7) is 3.77. The molecule has 0 aromatic heterocycles. The fourth-order valence-electron chi connectivity index (χ4n) is 2.47. The number of carbonyl (C=O) groups is 2. The summed E-state index contributed by atoms with van der Waals surface area (Å²) in [5, 5.41) is 5.29. The summed E-state index contributed by atoms with van der Waals surface area (Å²) in [5.41, 5.74) is 2.00. The maximum atomic E-state index is 12.2. The molecule has 144 valence electrons. The van der Waals surface area contributed by atoms with E-state index in [0.29, 0.717) is 0 Å². The van der Waals surface area contributed by atoms with E-state index >= 15 is 0 Å². The van der Waals surface area contributed by atoms with Crippen LogP contribution in [0.4, 0.5) is 5.69 Å².